The molecule has 0 bridgehead atoms. The minimum absolute atomic E-state index is 0.0746. The van der Waals surface area contributed by atoms with Crippen molar-refractivity contribution in [3.8, 4) is 0 Å². The first-order valence-corrected chi connectivity index (χ1v) is 6.48. The van der Waals surface area contributed by atoms with Gasteiger partial charge in [0, 0.05) is 4.90 Å². The lowest BCUT2D eigenvalue weighted by atomic mass is 10.0. The number of carbonyl (C=O) groups excluding carboxylic acids is 2. The van der Waals surface area contributed by atoms with Gasteiger partial charge >= 0.3 is 5.97 Å². The number of rotatable bonds is 4. The van der Waals surface area contributed by atoms with Crippen LogP contribution in [-0.4, -0.2) is 18.4 Å². The van der Waals surface area contributed by atoms with Gasteiger partial charge in [-0.2, -0.15) is 0 Å². The summed E-state index contributed by atoms with van der Waals surface area (Å²) in [7, 11) is 0. The summed E-state index contributed by atoms with van der Waals surface area (Å²) < 4.78 is 4.94. The predicted molar refractivity (Wildman–Crippen MR) is 72.0 cm³/mol. The Morgan fingerprint density at radius 3 is 2.65 bits per heavy atom. The monoisotopic (exact) mass is 316 g/mol. The smallest absolute Gasteiger partial charge is 0.338 e. The highest BCUT2D eigenvalue weighted by Gasteiger charge is 2.21. The van der Waals surface area contributed by atoms with Gasteiger partial charge in [-0.3, -0.25) is 4.79 Å². The molecule has 0 heterocycles. The van der Waals surface area contributed by atoms with Crippen LogP contribution in [0, 0.1) is 0 Å². The molecular formula is C12H13BrO3S. The molecule has 0 N–H and O–H groups in total. The van der Waals surface area contributed by atoms with Gasteiger partial charge < -0.3 is 4.74 Å². The molecule has 1 atom stereocenters. The van der Waals surface area contributed by atoms with E-state index < -0.39 is 10.8 Å². The van der Waals surface area contributed by atoms with Gasteiger partial charge in [-0.15, -0.1) is 12.6 Å². The summed E-state index contributed by atoms with van der Waals surface area (Å²) in [6.07, 6.45) is 0. The molecule has 1 aromatic rings. The number of halogens is 1. The van der Waals surface area contributed by atoms with Crippen molar-refractivity contribution in [3.05, 3.63) is 29.3 Å². The van der Waals surface area contributed by atoms with Crippen molar-refractivity contribution in [2.75, 3.05) is 6.61 Å². The third-order valence-electron chi connectivity index (χ3n) is 2.16. The van der Waals surface area contributed by atoms with E-state index in [1.165, 1.54) is 6.92 Å². The number of carbonyl (C=O) groups is 2. The van der Waals surface area contributed by atoms with E-state index >= 15 is 0 Å². The number of ketones is 1. The maximum atomic E-state index is 11.7. The van der Waals surface area contributed by atoms with Gasteiger partial charge in [0.1, 0.15) is 5.78 Å². The Morgan fingerprint density at radius 1 is 1.47 bits per heavy atom. The summed E-state index contributed by atoms with van der Waals surface area (Å²) in [5.74, 6) is -0.504. The van der Waals surface area contributed by atoms with E-state index in [0.717, 1.165) is 0 Å². The largest absolute Gasteiger partial charge is 0.462 e. The van der Waals surface area contributed by atoms with Crippen LogP contribution in [0.25, 0.3) is 0 Å². The molecule has 0 radical (unpaired) electrons. The number of benzene rings is 1. The zero-order valence-electron chi connectivity index (χ0n) is 9.57. The average Bonchev–Trinajstić information content (AvgIpc) is 2.28. The van der Waals surface area contributed by atoms with Gasteiger partial charge in [0.25, 0.3) is 0 Å². The van der Waals surface area contributed by atoms with Crippen molar-refractivity contribution >= 4 is 40.3 Å². The molecule has 0 aromatic heterocycles. The van der Waals surface area contributed by atoms with E-state index in [2.05, 4.69) is 28.6 Å². The van der Waals surface area contributed by atoms with Crippen LogP contribution < -0.4 is 0 Å². The van der Waals surface area contributed by atoms with Gasteiger partial charge in [0.2, 0.25) is 0 Å². The van der Waals surface area contributed by atoms with Gasteiger partial charge in [-0.25, -0.2) is 4.79 Å². The lowest BCUT2D eigenvalue weighted by Gasteiger charge is -2.12. The fourth-order valence-electron chi connectivity index (χ4n) is 1.37. The molecule has 0 aliphatic rings. The third-order valence-corrected chi connectivity index (χ3v) is 3.58. The summed E-state index contributed by atoms with van der Waals surface area (Å²) in [5.41, 5.74) is 0.977. The molecular weight excluding hydrogens is 304 g/mol. The molecule has 0 fully saturated rings. The quantitative estimate of drug-likeness (QED) is 0.527. The van der Waals surface area contributed by atoms with Crippen LogP contribution in [0.5, 0.6) is 0 Å². The molecule has 0 saturated heterocycles. The molecule has 17 heavy (non-hydrogen) atoms. The second-order valence-electron chi connectivity index (χ2n) is 3.47. The number of esters is 1. The molecule has 0 saturated carbocycles. The molecule has 1 rings (SSSR count). The number of hydrogen-bond donors (Lipinski definition) is 1. The molecule has 0 spiro atoms. The molecule has 5 heteroatoms. The number of ether oxygens (including phenoxy) is 1. The summed E-state index contributed by atoms with van der Waals surface area (Å²) in [5, 5.41) is 0. The highest BCUT2D eigenvalue weighted by molar-refractivity contribution is 9.09. The van der Waals surface area contributed by atoms with Crippen LogP contribution in [0.15, 0.2) is 23.1 Å². The van der Waals surface area contributed by atoms with Crippen molar-refractivity contribution in [1.82, 2.24) is 0 Å². The molecule has 0 aliphatic heterocycles. The number of alkyl halides is 1. The van der Waals surface area contributed by atoms with E-state index in [1.54, 1.807) is 25.1 Å². The van der Waals surface area contributed by atoms with Crippen molar-refractivity contribution in [2.24, 2.45) is 0 Å². The Labute approximate surface area is 114 Å². The van der Waals surface area contributed by atoms with Crippen molar-refractivity contribution in [3.63, 3.8) is 0 Å². The van der Waals surface area contributed by atoms with E-state index in [9.17, 15) is 9.59 Å². The minimum Gasteiger partial charge on any atom is -0.462 e. The van der Waals surface area contributed by atoms with Crippen LogP contribution >= 0.6 is 28.6 Å². The van der Waals surface area contributed by atoms with Gasteiger partial charge in [-0.1, -0.05) is 15.9 Å². The maximum Gasteiger partial charge on any atom is 0.338 e. The fraction of sp³-hybridized carbons (Fsp3) is 0.333. The lowest BCUT2D eigenvalue weighted by molar-refractivity contribution is -0.116. The highest BCUT2D eigenvalue weighted by Crippen LogP contribution is 2.29. The minimum atomic E-state index is -0.519. The summed E-state index contributed by atoms with van der Waals surface area (Å²) >= 11 is 7.46. The van der Waals surface area contributed by atoms with Gasteiger partial charge in [0.05, 0.1) is 17.0 Å². The number of thiol groups is 1. The maximum absolute atomic E-state index is 11.7. The Balaban J connectivity index is 3.21. The zero-order chi connectivity index (χ0) is 13.0. The van der Waals surface area contributed by atoms with Crippen molar-refractivity contribution < 1.29 is 14.3 Å². The Morgan fingerprint density at radius 2 is 2.12 bits per heavy atom. The first-order chi connectivity index (χ1) is 7.97. The van der Waals surface area contributed by atoms with E-state index in [4.69, 9.17) is 4.74 Å². The fourth-order valence-corrected chi connectivity index (χ4v) is 1.97. The van der Waals surface area contributed by atoms with Crippen molar-refractivity contribution in [1.29, 1.82) is 0 Å². The second-order valence-corrected chi connectivity index (χ2v) is 4.90. The summed E-state index contributed by atoms with van der Waals surface area (Å²) in [4.78, 5) is 23.3. The number of hydrogen-bond acceptors (Lipinski definition) is 4. The van der Waals surface area contributed by atoms with E-state index in [0.29, 0.717) is 22.6 Å². The first-order valence-electron chi connectivity index (χ1n) is 5.12. The topological polar surface area (TPSA) is 43.4 Å². The molecule has 0 aliphatic carbocycles. The van der Waals surface area contributed by atoms with Crippen molar-refractivity contribution in [2.45, 2.75) is 23.6 Å². The van der Waals surface area contributed by atoms with E-state index in [1.807, 2.05) is 0 Å². The van der Waals surface area contributed by atoms with E-state index in [-0.39, 0.29) is 5.78 Å². The zero-order valence-corrected chi connectivity index (χ0v) is 12.0. The third kappa shape index (κ3) is 3.57. The predicted octanol–water partition coefficient (Wildman–Crippen LogP) is 3.18. The average molecular weight is 317 g/mol. The van der Waals surface area contributed by atoms with Crippen LogP contribution in [0.2, 0.25) is 0 Å². The molecule has 1 aromatic carbocycles. The molecule has 3 nitrogen and oxygen atoms in total. The molecule has 0 amide bonds. The standard InChI is InChI=1S/C12H13BrO3S/c1-3-16-12(15)9-5-4-8(17)6-10(9)11(13)7(2)14/h4-6,11,17H,3H2,1-2H3. The van der Waals surface area contributed by atoms with Crippen LogP contribution in [-0.2, 0) is 9.53 Å². The van der Waals surface area contributed by atoms with Crippen LogP contribution in [0.3, 0.4) is 0 Å². The summed E-state index contributed by atoms with van der Waals surface area (Å²) in [6.45, 7) is 3.49. The molecule has 92 valence electrons. The lowest BCUT2D eigenvalue weighted by Crippen LogP contribution is -2.12. The summed E-state index contributed by atoms with van der Waals surface area (Å²) in [6, 6.07) is 5.00. The SMILES string of the molecule is CCOC(=O)c1ccc(S)cc1C(Br)C(C)=O. The van der Waals surface area contributed by atoms with Gasteiger partial charge in [0.15, 0.2) is 0 Å². The van der Waals surface area contributed by atoms with Crippen LogP contribution in [0.1, 0.15) is 34.6 Å². The normalized spacial score (nSPS) is 12.0. The Kier molecular flexibility index (Phi) is 5.21. The Hall–Kier alpha value is -0.810. The first kappa shape index (κ1) is 14.3. The second kappa shape index (κ2) is 6.21. The highest BCUT2D eigenvalue weighted by atomic mass is 79.9. The number of Topliss-reactive ketones (excluding diaryl/α,β-unsaturated/α-hetero) is 1. The van der Waals surface area contributed by atoms with Gasteiger partial charge in [-0.05, 0) is 37.6 Å². The molecule has 1 unspecified atom stereocenters. The van der Waals surface area contributed by atoms with Crippen LogP contribution in [0.4, 0.5) is 0 Å². The Bertz CT molecular complexity index is 445.